The molecule has 4 aliphatic heterocycles. The number of carbonyl (C=O) groups excluding carboxylic acids is 6. The van der Waals surface area contributed by atoms with Crippen LogP contribution in [0, 0.1) is 0 Å². The van der Waals surface area contributed by atoms with Crippen molar-refractivity contribution in [3.63, 3.8) is 0 Å². The van der Waals surface area contributed by atoms with Gasteiger partial charge in [0.15, 0.2) is 9.84 Å². The van der Waals surface area contributed by atoms with Crippen molar-refractivity contribution in [1.82, 2.24) is 20.4 Å². The molecule has 0 spiro atoms. The summed E-state index contributed by atoms with van der Waals surface area (Å²) >= 11 is 1.28. The number of nitrogens with zero attached hydrogens (tertiary/aromatic N) is 2. The molecular formula is C30H36N4O11S2. The van der Waals surface area contributed by atoms with Crippen molar-refractivity contribution in [3.8, 4) is 0 Å². The van der Waals surface area contributed by atoms with E-state index in [4.69, 9.17) is 9.47 Å². The molecule has 5 rings (SSSR count). The van der Waals surface area contributed by atoms with Gasteiger partial charge in [0.1, 0.15) is 34.9 Å². The molecule has 0 aliphatic carbocycles. The van der Waals surface area contributed by atoms with Crippen molar-refractivity contribution in [2.45, 2.75) is 84.9 Å². The molecule has 2 N–H and O–H groups in total. The zero-order valence-corrected chi connectivity index (χ0v) is 28.0. The van der Waals surface area contributed by atoms with E-state index in [1.165, 1.54) is 37.6 Å². The number of hydrogen-bond donors (Lipinski definition) is 2. The Morgan fingerprint density at radius 3 is 2.23 bits per heavy atom. The Balaban J connectivity index is 1.21. The van der Waals surface area contributed by atoms with Crippen molar-refractivity contribution in [2.75, 3.05) is 13.9 Å². The molecule has 1 unspecified atom stereocenters. The number of β-lactam (4-membered cyclic amide) rings is 2. The van der Waals surface area contributed by atoms with Crippen molar-refractivity contribution >= 4 is 57.2 Å². The molecule has 0 saturated carbocycles. The molecule has 6 atom stereocenters. The van der Waals surface area contributed by atoms with E-state index >= 15 is 0 Å². The summed E-state index contributed by atoms with van der Waals surface area (Å²) in [5.41, 5.74) is 0.791. The maximum Gasteiger partial charge on any atom is 0.333 e. The highest BCUT2D eigenvalue weighted by molar-refractivity contribution is 8.01. The molecule has 0 bridgehead atoms. The highest BCUT2D eigenvalue weighted by Crippen LogP contribution is 2.51. The van der Waals surface area contributed by atoms with Crippen molar-refractivity contribution in [2.24, 2.45) is 0 Å². The van der Waals surface area contributed by atoms with E-state index < -0.39 is 96.7 Å². The maximum absolute atomic E-state index is 13.5. The zero-order chi connectivity index (χ0) is 34.6. The fourth-order valence-corrected chi connectivity index (χ4v) is 10.1. The number of methoxy groups -OCH3 is 1. The van der Waals surface area contributed by atoms with Crippen LogP contribution in [0.5, 0.6) is 0 Å². The number of carbonyl (C=O) groups is 6. The number of nitrogens with one attached hydrogen (secondary N) is 2. The highest BCUT2D eigenvalue weighted by Gasteiger charge is 2.68. The molecule has 47 heavy (non-hydrogen) atoms. The number of fused-ring (bicyclic) bond motifs is 2. The fourth-order valence-electron chi connectivity index (χ4n) is 6.32. The first-order valence-corrected chi connectivity index (χ1v) is 17.1. The summed E-state index contributed by atoms with van der Waals surface area (Å²) in [4.78, 5) is 79.1. The minimum Gasteiger partial charge on any atom is -0.469 e. The van der Waals surface area contributed by atoms with Crippen LogP contribution in [0.4, 0.5) is 0 Å². The normalized spacial score (nSPS) is 28.1. The van der Waals surface area contributed by atoms with Crippen LogP contribution >= 0.6 is 11.8 Å². The van der Waals surface area contributed by atoms with Crippen LogP contribution in [0.25, 0.3) is 0 Å². The average Bonchev–Trinajstić information content (AvgIpc) is 3.33. The minimum absolute atomic E-state index is 0.177. The van der Waals surface area contributed by atoms with Crippen LogP contribution in [-0.2, 0) is 52.8 Å². The van der Waals surface area contributed by atoms with E-state index in [2.05, 4.69) is 21.9 Å². The van der Waals surface area contributed by atoms with E-state index in [0.29, 0.717) is 5.56 Å². The lowest BCUT2D eigenvalue weighted by molar-refractivity contribution is -0.181. The Hall–Kier alpha value is -4.12. The number of amides is 3. The second-order valence-corrected chi connectivity index (χ2v) is 17.1. The summed E-state index contributed by atoms with van der Waals surface area (Å²) < 4.78 is 38.1. The van der Waals surface area contributed by atoms with Gasteiger partial charge in [0.2, 0.25) is 24.5 Å². The Kier molecular flexibility index (Phi) is 8.85. The molecule has 1 aromatic carbocycles. The Morgan fingerprint density at radius 1 is 1.02 bits per heavy atom. The fraction of sp³-hybridized carbons (Fsp3) is 0.533. The second-order valence-electron chi connectivity index (χ2n) is 12.6. The zero-order valence-electron chi connectivity index (χ0n) is 26.4. The molecule has 254 valence electrons. The van der Waals surface area contributed by atoms with Gasteiger partial charge in [-0.1, -0.05) is 36.9 Å². The van der Waals surface area contributed by atoms with Gasteiger partial charge in [-0.15, -0.1) is 11.8 Å². The minimum atomic E-state index is -3.83. The van der Waals surface area contributed by atoms with E-state index in [1.807, 2.05) is 0 Å². The van der Waals surface area contributed by atoms with Crippen molar-refractivity contribution in [1.29, 1.82) is 0 Å². The number of ether oxygens (including phenoxy) is 3. The number of sulfone groups is 1. The first kappa shape index (κ1) is 34.2. The van der Waals surface area contributed by atoms with E-state index in [-0.39, 0.29) is 18.5 Å². The molecule has 0 aromatic heterocycles. The molecular weight excluding hydrogens is 656 g/mol. The lowest BCUT2D eigenvalue weighted by Gasteiger charge is -2.44. The number of esters is 3. The predicted octanol–water partition coefficient (Wildman–Crippen LogP) is 0.119. The standard InChI is InChI=1S/C30H36N4O11S2/c1-15(12-19(36)43-6)31-20(16-10-8-7-9-11-16)24(37)32-21-25(38)34-22(29(2,3)46-26(21)34)27(39)44-14-45-28(40)23-30(4,5)47(41,42)18-13-17(35)33(18)23/h7-11,18,20-23,26,31H,1,12-14H2,2-6H3,(H,32,37)/t18-,20?,21-,22+,23+,26-/m1/s1. The van der Waals surface area contributed by atoms with Crippen molar-refractivity contribution in [3.05, 3.63) is 48.2 Å². The van der Waals surface area contributed by atoms with Gasteiger partial charge in [-0.25, -0.2) is 18.0 Å². The van der Waals surface area contributed by atoms with Crippen LogP contribution in [0.3, 0.4) is 0 Å². The average molecular weight is 693 g/mol. The first-order chi connectivity index (χ1) is 21.9. The van der Waals surface area contributed by atoms with Gasteiger partial charge < -0.3 is 34.6 Å². The van der Waals surface area contributed by atoms with Crippen LogP contribution in [0.2, 0.25) is 0 Å². The summed E-state index contributed by atoms with van der Waals surface area (Å²) in [5, 5.41) is 3.97. The number of rotatable bonds is 11. The van der Waals surface area contributed by atoms with Gasteiger partial charge in [-0.3, -0.25) is 19.2 Å². The SMILES string of the molecule is C=C(CC(=O)OC)NC(C(=O)N[C@@H]1C(=O)N2[C@@H]1SC(C)(C)[C@@H]2C(=O)OCOC(=O)[C@@H]1N2C(=O)C[C@H]2S(=O)(=O)C1(C)C)c1ccccc1. The first-order valence-electron chi connectivity index (χ1n) is 14.7. The van der Waals surface area contributed by atoms with E-state index in [9.17, 15) is 37.2 Å². The Labute approximate surface area is 275 Å². The molecule has 4 saturated heterocycles. The molecule has 4 fully saturated rings. The van der Waals surface area contributed by atoms with E-state index in [0.717, 1.165) is 4.90 Å². The Morgan fingerprint density at radius 2 is 1.64 bits per heavy atom. The quantitative estimate of drug-likeness (QED) is 0.181. The van der Waals surface area contributed by atoms with Gasteiger partial charge in [-0.2, -0.15) is 0 Å². The maximum atomic E-state index is 13.5. The second kappa shape index (κ2) is 12.2. The van der Waals surface area contributed by atoms with Crippen LogP contribution in [-0.4, -0.2) is 106 Å². The number of benzene rings is 1. The molecule has 3 amide bonds. The molecule has 17 heteroatoms. The molecule has 4 heterocycles. The third-order valence-electron chi connectivity index (χ3n) is 8.89. The van der Waals surface area contributed by atoms with Gasteiger partial charge in [0, 0.05) is 10.4 Å². The van der Waals surface area contributed by atoms with Gasteiger partial charge in [0.05, 0.1) is 24.7 Å². The smallest absolute Gasteiger partial charge is 0.333 e. The largest absolute Gasteiger partial charge is 0.469 e. The summed E-state index contributed by atoms with van der Waals surface area (Å²) in [7, 11) is -2.60. The van der Waals surface area contributed by atoms with Crippen LogP contribution < -0.4 is 10.6 Å². The lowest BCUT2D eigenvalue weighted by atomic mass is 9.95. The highest BCUT2D eigenvalue weighted by atomic mass is 32.2. The van der Waals surface area contributed by atoms with E-state index in [1.54, 1.807) is 44.2 Å². The van der Waals surface area contributed by atoms with Crippen molar-refractivity contribution < 1.29 is 51.4 Å². The Bertz CT molecular complexity index is 1650. The summed E-state index contributed by atoms with van der Waals surface area (Å²) in [6.45, 7) is 9.08. The topological polar surface area (TPSA) is 195 Å². The molecule has 0 radical (unpaired) electrons. The van der Waals surface area contributed by atoms with Gasteiger partial charge in [0.25, 0.3) is 0 Å². The summed E-state index contributed by atoms with van der Waals surface area (Å²) in [6, 6.07) is 4.19. The third kappa shape index (κ3) is 5.72. The lowest BCUT2D eigenvalue weighted by Crippen LogP contribution is -2.71. The van der Waals surface area contributed by atoms with Crippen LogP contribution in [0.15, 0.2) is 42.6 Å². The van der Waals surface area contributed by atoms with Crippen LogP contribution in [0.1, 0.15) is 52.1 Å². The molecule has 4 aliphatic rings. The number of hydrogen-bond acceptors (Lipinski definition) is 13. The van der Waals surface area contributed by atoms with Gasteiger partial charge >= 0.3 is 17.9 Å². The molecule has 1 aromatic rings. The summed E-state index contributed by atoms with van der Waals surface area (Å²) in [6.07, 6.45) is -0.386. The predicted molar refractivity (Wildman–Crippen MR) is 165 cm³/mol. The summed E-state index contributed by atoms with van der Waals surface area (Å²) in [5.74, 6) is -4.02. The van der Waals surface area contributed by atoms with Gasteiger partial charge in [-0.05, 0) is 33.3 Å². The third-order valence-corrected chi connectivity index (χ3v) is 13.3. The molecule has 15 nitrogen and oxygen atoms in total. The number of thioether (sulfide) groups is 1. The monoisotopic (exact) mass is 692 g/mol.